The Labute approximate surface area is 150 Å². The van der Waals surface area contributed by atoms with Gasteiger partial charge >= 0.3 is 0 Å². The summed E-state index contributed by atoms with van der Waals surface area (Å²) in [4.78, 5) is 12.3. The number of carbonyl (C=O) groups is 1. The van der Waals surface area contributed by atoms with Gasteiger partial charge in [-0.3, -0.25) is 4.79 Å². The summed E-state index contributed by atoms with van der Waals surface area (Å²) in [5.41, 5.74) is 1.70. The lowest BCUT2D eigenvalue weighted by atomic mass is 10.1. The van der Waals surface area contributed by atoms with Crippen molar-refractivity contribution in [1.29, 1.82) is 0 Å². The van der Waals surface area contributed by atoms with Crippen molar-refractivity contribution in [3.63, 3.8) is 0 Å². The minimum absolute atomic E-state index is 0.110. The Bertz CT molecular complexity index is 764. The molecule has 126 valence electrons. The molecular weight excluding hydrogens is 349 g/mol. The van der Waals surface area contributed by atoms with Crippen LogP contribution in [0, 0.1) is 0 Å². The normalized spacial score (nSPS) is 14.1. The van der Waals surface area contributed by atoms with E-state index in [4.69, 9.17) is 32.7 Å². The highest BCUT2D eigenvalue weighted by Gasteiger charge is 2.16. The maximum absolute atomic E-state index is 12.3. The molecule has 0 radical (unpaired) electrons. The molecule has 1 aliphatic heterocycles. The highest BCUT2D eigenvalue weighted by Crippen LogP contribution is 2.32. The third kappa shape index (κ3) is 3.94. The van der Waals surface area contributed by atoms with E-state index in [0.717, 1.165) is 16.9 Å². The average molecular weight is 366 g/mol. The van der Waals surface area contributed by atoms with E-state index in [0.29, 0.717) is 29.0 Å². The number of halogens is 2. The van der Waals surface area contributed by atoms with Crippen molar-refractivity contribution >= 4 is 29.1 Å². The zero-order valence-electron chi connectivity index (χ0n) is 13.1. The first-order valence-electron chi connectivity index (χ1n) is 7.66. The molecule has 0 aromatic heterocycles. The third-order valence-corrected chi connectivity index (χ3v) is 4.40. The van der Waals surface area contributed by atoms with E-state index >= 15 is 0 Å². The number of fused-ring (bicyclic) bond motifs is 1. The first-order valence-corrected chi connectivity index (χ1v) is 8.41. The molecule has 2 aromatic carbocycles. The number of hydrogen-bond donors (Lipinski definition) is 1. The molecule has 0 bridgehead atoms. The van der Waals surface area contributed by atoms with Gasteiger partial charge in [0.25, 0.3) is 0 Å². The van der Waals surface area contributed by atoms with Crippen LogP contribution in [0.3, 0.4) is 0 Å². The van der Waals surface area contributed by atoms with Crippen LogP contribution in [0.1, 0.15) is 24.1 Å². The van der Waals surface area contributed by atoms with Gasteiger partial charge in [-0.25, -0.2) is 0 Å². The summed E-state index contributed by atoms with van der Waals surface area (Å²) >= 11 is 12.0. The lowest BCUT2D eigenvalue weighted by Gasteiger charge is -2.21. The summed E-state index contributed by atoms with van der Waals surface area (Å²) in [5, 5.41) is 4.01. The summed E-state index contributed by atoms with van der Waals surface area (Å²) < 4.78 is 11.1. The first kappa shape index (κ1) is 16.9. The van der Waals surface area contributed by atoms with Crippen LogP contribution in [0.4, 0.5) is 0 Å². The summed E-state index contributed by atoms with van der Waals surface area (Å²) in [6, 6.07) is 10.7. The van der Waals surface area contributed by atoms with Crippen molar-refractivity contribution in [2.75, 3.05) is 13.2 Å². The van der Waals surface area contributed by atoms with E-state index < -0.39 is 0 Å². The van der Waals surface area contributed by atoms with E-state index in [-0.39, 0.29) is 18.4 Å². The van der Waals surface area contributed by atoms with Crippen LogP contribution in [0.2, 0.25) is 10.0 Å². The number of nitrogens with one attached hydrogen (secondary N) is 1. The zero-order chi connectivity index (χ0) is 17.1. The molecule has 1 aliphatic rings. The van der Waals surface area contributed by atoms with Crippen LogP contribution >= 0.6 is 23.2 Å². The molecule has 2 aromatic rings. The molecule has 4 nitrogen and oxygen atoms in total. The summed E-state index contributed by atoms with van der Waals surface area (Å²) in [6.45, 7) is 3.01. The number of rotatable bonds is 4. The fourth-order valence-electron chi connectivity index (χ4n) is 2.54. The van der Waals surface area contributed by atoms with Gasteiger partial charge in [0.05, 0.1) is 12.5 Å². The fourth-order valence-corrected chi connectivity index (χ4v) is 3.02. The average Bonchev–Trinajstić information content (AvgIpc) is 2.57. The highest BCUT2D eigenvalue weighted by atomic mass is 35.5. The van der Waals surface area contributed by atoms with Crippen molar-refractivity contribution < 1.29 is 14.3 Å². The van der Waals surface area contributed by atoms with Gasteiger partial charge in [-0.15, -0.1) is 0 Å². The van der Waals surface area contributed by atoms with Crippen molar-refractivity contribution in [3.05, 3.63) is 57.6 Å². The predicted octanol–water partition coefficient (Wildman–Crippen LogP) is 4.18. The van der Waals surface area contributed by atoms with Gasteiger partial charge in [-0.1, -0.05) is 35.3 Å². The number of hydrogen-bond acceptors (Lipinski definition) is 3. The highest BCUT2D eigenvalue weighted by molar-refractivity contribution is 6.35. The minimum Gasteiger partial charge on any atom is -0.486 e. The van der Waals surface area contributed by atoms with Gasteiger partial charge in [-0.05, 0) is 42.3 Å². The Kier molecular flexibility index (Phi) is 5.17. The molecule has 1 amide bonds. The molecule has 1 atom stereocenters. The van der Waals surface area contributed by atoms with E-state index in [9.17, 15) is 4.79 Å². The minimum atomic E-state index is -0.153. The Morgan fingerprint density at radius 3 is 2.62 bits per heavy atom. The molecule has 0 fully saturated rings. The van der Waals surface area contributed by atoms with E-state index in [1.807, 2.05) is 25.1 Å². The van der Waals surface area contributed by atoms with E-state index in [1.165, 1.54) is 0 Å². The van der Waals surface area contributed by atoms with Crippen molar-refractivity contribution in [3.8, 4) is 11.5 Å². The Morgan fingerprint density at radius 1 is 1.12 bits per heavy atom. The van der Waals surface area contributed by atoms with Crippen LogP contribution < -0.4 is 14.8 Å². The van der Waals surface area contributed by atoms with Crippen molar-refractivity contribution in [1.82, 2.24) is 5.32 Å². The van der Waals surface area contributed by atoms with Gasteiger partial charge in [-0.2, -0.15) is 0 Å². The Morgan fingerprint density at radius 2 is 1.88 bits per heavy atom. The second-order valence-corrected chi connectivity index (χ2v) is 6.45. The summed E-state index contributed by atoms with van der Waals surface area (Å²) in [6.07, 6.45) is 0.199. The van der Waals surface area contributed by atoms with E-state index in [2.05, 4.69) is 5.32 Å². The first-order chi connectivity index (χ1) is 11.5. The van der Waals surface area contributed by atoms with Crippen LogP contribution in [-0.2, 0) is 11.2 Å². The second kappa shape index (κ2) is 7.32. The van der Waals surface area contributed by atoms with Gasteiger partial charge in [0, 0.05) is 10.0 Å². The number of ether oxygens (including phenoxy) is 2. The standard InChI is InChI=1S/C18H17Cl2NO3/c1-11(12-3-5-16-17(8-12)24-7-6-23-16)21-18(22)9-13-2-4-14(19)10-15(13)20/h2-5,8,10-11H,6-7,9H2,1H3,(H,21,22). The lowest BCUT2D eigenvalue weighted by molar-refractivity contribution is -0.121. The van der Waals surface area contributed by atoms with Gasteiger partial charge < -0.3 is 14.8 Å². The molecule has 0 spiro atoms. The monoisotopic (exact) mass is 365 g/mol. The quantitative estimate of drug-likeness (QED) is 0.883. The second-order valence-electron chi connectivity index (χ2n) is 5.60. The molecule has 0 saturated heterocycles. The summed E-state index contributed by atoms with van der Waals surface area (Å²) in [7, 11) is 0. The summed E-state index contributed by atoms with van der Waals surface area (Å²) in [5.74, 6) is 1.33. The van der Waals surface area contributed by atoms with Gasteiger partial charge in [0.15, 0.2) is 11.5 Å². The molecule has 1 N–H and O–H groups in total. The van der Waals surface area contributed by atoms with Crippen molar-refractivity contribution in [2.24, 2.45) is 0 Å². The zero-order valence-corrected chi connectivity index (χ0v) is 14.7. The molecular formula is C18H17Cl2NO3. The number of carbonyl (C=O) groups excluding carboxylic acids is 1. The molecule has 0 aliphatic carbocycles. The Hall–Kier alpha value is -1.91. The number of amides is 1. The van der Waals surface area contributed by atoms with Crippen LogP contribution in [0.5, 0.6) is 11.5 Å². The van der Waals surface area contributed by atoms with Crippen LogP contribution in [-0.4, -0.2) is 19.1 Å². The molecule has 0 saturated carbocycles. The maximum Gasteiger partial charge on any atom is 0.224 e. The molecule has 1 unspecified atom stereocenters. The predicted molar refractivity (Wildman–Crippen MR) is 94.2 cm³/mol. The molecule has 24 heavy (non-hydrogen) atoms. The topological polar surface area (TPSA) is 47.6 Å². The van der Waals surface area contributed by atoms with Crippen LogP contribution in [0.15, 0.2) is 36.4 Å². The maximum atomic E-state index is 12.3. The fraction of sp³-hybridized carbons (Fsp3) is 0.278. The van der Waals surface area contributed by atoms with E-state index in [1.54, 1.807) is 18.2 Å². The third-order valence-electron chi connectivity index (χ3n) is 3.81. The lowest BCUT2D eigenvalue weighted by Crippen LogP contribution is -2.28. The van der Waals surface area contributed by atoms with Crippen molar-refractivity contribution in [2.45, 2.75) is 19.4 Å². The van der Waals surface area contributed by atoms with Crippen LogP contribution in [0.25, 0.3) is 0 Å². The van der Waals surface area contributed by atoms with Gasteiger partial charge in [0.2, 0.25) is 5.91 Å². The largest absolute Gasteiger partial charge is 0.486 e. The smallest absolute Gasteiger partial charge is 0.224 e. The Balaban J connectivity index is 1.65. The molecule has 1 heterocycles. The molecule has 6 heteroatoms. The SMILES string of the molecule is CC(NC(=O)Cc1ccc(Cl)cc1Cl)c1ccc2c(c1)OCCO2. The van der Waals surface area contributed by atoms with Gasteiger partial charge in [0.1, 0.15) is 13.2 Å². The number of benzene rings is 2. The molecule has 3 rings (SSSR count).